The van der Waals surface area contributed by atoms with Gasteiger partial charge in [-0.3, -0.25) is 9.20 Å². The first kappa shape index (κ1) is 21.1. The van der Waals surface area contributed by atoms with Crippen molar-refractivity contribution in [3.8, 4) is 5.75 Å². The molecular weight excluding hydrogens is 451 g/mol. The fourth-order valence-corrected chi connectivity index (χ4v) is 4.31. The minimum absolute atomic E-state index is 0.154. The van der Waals surface area contributed by atoms with Crippen molar-refractivity contribution in [2.75, 3.05) is 5.32 Å². The number of thioether (sulfide) groups is 1. The van der Waals surface area contributed by atoms with Gasteiger partial charge in [-0.15, -0.1) is 23.4 Å². The van der Waals surface area contributed by atoms with Gasteiger partial charge in [-0.05, 0) is 48.9 Å². The van der Waals surface area contributed by atoms with E-state index in [1.54, 1.807) is 6.20 Å². The highest BCUT2D eigenvalue weighted by molar-refractivity contribution is 8.00. The zero-order valence-electron chi connectivity index (χ0n) is 15.9. The third kappa shape index (κ3) is 5.52. The molecule has 0 aliphatic rings. The second-order valence-electron chi connectivity index (χ2n) is 6.38. The van der Waals surface area contributed by atoms with Gasteiger partial charge in [0, 0.05) is 23.7 Å². The maximum absolute atomic E-state index is 12.2. The normalized spacial score (nSPS) is 11.6. The third-order valence-electron chi connectivity index (χ3n) is 3.96. The Kier molecular flexibility index (Phi) is 5.83. The summed E-state index contributed by atoms with van der Waals surface area (Å²) >= 11 is 2.66. The molecule has 0 atom stereocenters. The summed E-state index contributed by atoms with van der Waals surface area (Å²) in [5, 5.41) is 11.6. The van der Waals surface area contributed by atoms with Gasteiger partial charge in [0.2, 0.25) is 5.13 Å². The molecule has 0 spiro atoms. The molecule has 0 radical (unpaired) electrons. The Labute approximate surface area is 181 Å². The summed E-state index contributed by atoms with van der Waals surface area (Å²) in [7, 11) is 0. The van der Waals surface area contributed by atoms with Crippen molar-refractivity contribution in [3.05, 3.63) is 70.3 Å². The average molecular weight is 465 g/mol. The summed E-state index contributed by atoms with van der Waals surface area (Å²) in [6.45, 7) is 1.93. The van der Waals surface area contributed by atoms with Crippen LogP contribution < -0.4 is 15.6 Å². The van der Waals surface area contributed by atoms with Gasteiger partial charge < -0.3 is 10.1 Å². The first-order chi connectivity index (χ1) is 14.7. The standard InChI is InChI=1S/C19H14F3N5O2S2/c1-11-6-7-27-15(8-11)23-13(9-16(27)28)10-30-18-26-25-17(31-18)24-12-2-4-14(5-3-12)29-19(20,21)22/h2-9H,10H2,1H3,(H,24,25). The number of nitrogens with one attached hydrogen (secondary N) is 1. The number of benzene rings is 1. The van der Waals surface area contributed by atoms with E-state index in [2.05, 4.69) is 25.2 Å². The predicted octanol–water partition coefficient (Wildman–Crippen LogP) is 4.79. The zero-order chi connectivity index (χ0) is 22.0. The molecule has 0 fully saturated rings. The smallest absolute Gasteiger partial charge is 0.406 e. The second-order valence-corrected chi connectivity index (χ2v) is 8.58. The molecule has 0 bridgehead atoms. The molecule has 0 amide bonds. The van der Waals surface area contributed by atoms with E-state index in [9.17, 15) is 18.0 Å². The number of nitrogens with zero attached hydrogens (tertiary/aromatic N) is 4. The van der Waals surface area contributed by atoms with E-state index >= 15 is 0 Å². The van der Waals surface area contributed by atoms with Gasteiger partial charge in [0.1, 0.15) is 11.4 Å². The van der Waals surface area contributed by atoms with Crippen molar-refractivity contribution in [2.45, 2.75) is 23.4 Å². The first-order valence-electron chi connectivity index (χ1n) is 8.83. The number of halogens is 3. The molecule has 31 heavy (non-hydrogen) atoms. The molecule has 3 aromatic heterocycles. The predicted molar refractivity (Wildman–Crippen MR) is 112 cm³/mol. The van der Waals surface area contributed by atoms with Crippen LogP contribution in [0.3, 0.4) is 0 Å². The molecule has 0 saturated heterocycles. The van der Waals surface area contributed by atoms with Crippen LogP contribution in [-0.2, 0) is 5.75 Å². The molecule has 0 aliphatic carbocycles. The number of aryl methyl sites for hydroxylation is 1. The average Bonchev–Trinajstić information content (AvgIpc) is 3.14. The Morgan fingerprint density at radius 1 is 1.16 bits per heavy atom. The molecule has 160 valence electrons. The lowest BCUT2D eigenvalue weighted by Gasteiger charge is -2.09. The lowest BCUT2D eigenvalue weighted by atomic mass is 10.3. The Morgan fingerprint density at radius 3 is 2.68 bits per heavy atom. The molecule has 4 rings (SSSR count). The number of anilines is 2. The van der Waals surface area contributed by atoms with Gasteiger partial charge in [0.15, 0.2) is 4.34 Å². The van der Waals surface area contributed by atoms with Crippen LogP contribution in [-0.4, -0.2) is 25.9 Å². The van der Waals surface area contributed by atoms with Gasteiger partial charge >= 0.3 is 6.36 Å². The maximum Gasteiger partial charge on any atom is 0.573 e. The van der Waals surface area contributed by atoms with E-state index in [0.717, 1.165) is 5.56 Å². The summed E-state index contributed by atoms with van der Waals surface area (Å²) < 4.78 is 42.7. The first-order valence-corrected chi connectivity index (χ1v) is 10.6. The Bertz CT molecular complexity index is 1270. The molecule has 4 aromatic rings. The van der Waals surface area contributed by atoms with E-state index in [1.165, 1.54) is 57.8 Å². The maximum atomic E-state index is 12.2. The molecule has 1 aromatic carbocycles. The van der Waals surface area contributed by atoms with E-state index in [-0.39, 0.29) is 11.3 Å². The highest BCUT2D eigenvalue weighted by Crippen LogP contribution is 2.30. The summed E-state index contributed by atoms with van der Waals surface area (Å²) in [5.74, 6) is 0.137. The fourth-order valence-electron chi connectivity index (χ4n) is 2.65. The van der Waals surface area contributed by atoms with Crippen LogP contribution in [0.1, 0.15) is 11.3 Å². The molecule has 0 aliphatic heterocycles. The fraction of sp³-hybridized carbons (Fsp3) is 0.158. The largest absolute Gasteiger partial charge is 0.573 e. The van der Waals surface area contributed by atoms with Crippen LogP contribution in [0.15, 0.2) is 57.8 Å². The van der Waals surface area contributed by atoms with Crippen molar-refractivity contribution in [3.63, 3.8) is 0 Å². The Morgan fingerprint density at radius 2 is 1.94 bits per heavy atom. The zero-order valence-corrected chi connectivity index (χ0v) is 17.5. The second kappa shape index (κ2) is 8.55. The number of ether oxygens (including phenoxy) is 1. The number of alkyl halides is 3. The van der Waals surface area contributed by atoms with Crippen LogP contribution >= 0.6 is 23.1 Å². The van der Waals surface area contributed by atoms with E-state index in [4.69, 9.17) is 0 Å². The third-order valence-corrected chi connectivity index (χ3v) is 5.97. The highest BCUT2D eigenvalue weighted by Gasteiger charge is 2.30. The Hall–Kier alpha value is -3.12. The van der Waals surface area contributed by atoms with Gasteiger partial charge in [-0.2, -0.15) is 0 Å². The molecule has 12 heteroatoms. The molecule has 1 N–H and O–H groups in total. The van der Waals surface area contributed by atoms with Gasteiger partial charge in [-0.1, -0.05) is 23.1 Å². The van der Waals surface area contributed by atoms with Crippen LogP contribution in [0.25, 0.3) is 5.65 Å². The molecule has 3 heterocycles. The molecule has 7 nitrogen and oxygen atoms in total. The van der Waals surface area contributed by atoms with Crippen LogP contribution in [0.4, 0.5) is 24.0 Å². The van der Waals surface area contributed by atoms with Crippen molar-refractivity contribution in [1.29, 1.82) is 0 Å². The quantitative estimate of drug-likeness (QED) is 0.410. The van der Waals surface area contributed by atoms with Crippen molar-refractivity contribution in [1.82, 2.24) is 19.6 Å². The van der Waals surface area contributed by atoms with Gasteiger partial charge in [0.25, 0.3) is 5.56 Å². The van der Waals surface area contributed by atoms with Crippen molar-refractivity contribution in [2.24, 2.45) is 0 Å². The van der Waals surface area contributed by atoms with Crippen LogP contribution in [0.2, 0.25) is 0 Å². The van der Waals surface area contributed by atoms with Crippen LogP contribution in [0.5, 0.6) is 5.75 Å². The number of rotatable bonds is 6. The minimum Gasteiger partial charge on any atom is -0.406 e. The highest BCUT2D eigenvalue weighted by atomic mass is 32.2. The lowest BCUT2D eigenvalue weighted by Crippen LogP contribution is -2.16. The summed E-state index contributed by atoms with van der Waals surface area (Å²) in [6.07, 6.45) is -3.04. The molecule has 0 unspecified atom stereocenters. The lowest BCUT2D eigenvalue weighted by molar-refractivity contribution is -0.274. The number of aromatic nitrogens is 4. The molecular formula is C19H14F3N5O2S2. The summed E-state index contributed by atoms with van der Waals surface area (Å²) in [5.41, 5.74) is 2.61. The molecule has 0 saturated carbocycles. The Balaban J connectivity index is 1.39. The minimum atomic E-state index is -4.73. The van der Waals surface area contributed by atoms with Crippen molar-refractivity contribution < 1.29 is 17.9 Å². The SMILES string of the molecule is Cc1ccn2c(=O)cc(CSc3nnc(Nc4ccc(OC(F)(F)F)cc4)s3)nc2c1. The van der Waals surface area contributed by atoms with Crippen LogP contribution in [0, 0.1) is 6.92 Å². The topological polar surface area (TPSA) is 81.4 Å². The number of hydrogen-bond acceptors (Lipinski definition) is 8. The summed E-state index contributed by atoms with van der Waals surface area (Å²) in [4.78, 5) is 16.7. The monoisotopic (exact) mass is 465 g/mol. The number of pyridine rings is 1. The number of hydrogen-bond donors (Lipinski definition) is 1. The summed E-state index contributed by atoms with van der Waals surface area (Å²) in [6, 6.07) is 10.5. The van der Waals surface area contributed by atoms with Crippen molar-refractivity contribution >= 4 is 39.6 Å². The van der Waals surface area contributed by atoms with E-state index in [1.807, 2.05) is 19.1 Å². The van der Waals surface area contributed by atoms with Gasteiger partial charge in [0.05, 0.1) is 5.69 Å². The van der Waals surface area contributed by atoms with E-state index < -0.39 is 6.36 Å². The van der Waals surface area contributed by atoms with Gasteiger partial charge in [-0.25, -0.2) is 4.98 Å². The number of fused-ring (bicyclic) bond motifs is 1. The van der Waals surface area contributed by atoms with E-state index in [0.29, 0.717) is 32.3 Å².